The van der Waals surface area contributed by atoms with Gasteiger partial charge in [-0.1, -0.05) is 23.7 Å². The van der Waals surface area contributed by atoms with Crippen LogP contribution in [0.1, 0.15) is 0 Å². The maximum atomic E-state index is 12.8. The number of fused-ring (bicyclic) bond motifs is 1. The molecule has 8 heteroatoms. The molecule has 1 amide bonds. The monoisotopic (exact) mass is 417 g/mol. The van der Waals surface area contributed by atoms with E-state index in [1.165, 1.54) is 0 Å². The molecule has 1 saturated heterocycles. The Balaban J connectivity index is 1.29. The van der Waals surface area contributed by atoms with Crippen molar-refractivity contribution in [1.29, 1.82) is 0 Å². The third-order valence-corrected chi connectivity index (χ3v) is 5.37. The first-order chi connectivity index (χ1) is 13.6. The van der Waals surface area contributed by atoms with Crippen LogP contribution in [-0.4, -0.2) is 59.7 Å². The second kappa shape index (κ2) is 8.24. The van der Waals surface area contributed by atoms with Crippen molar-refractivity contribution in [2.45, 2.75) is 6.10 Å². The standard InChI is InChI=1S/C20H20ClN3O3S/c21-14-5-7-15(8-6-14)22-20(28)24-11-9-23(10-12-24)19(25)18-13-26-16-3-1-2-4-17(16)27-18/h1-8,18H,9-13H2,(H,22,28)/t18-/m1/s1. The first-order valence-electron chi connectivity index (χ1n) is 9.09. The highest BCUT2D eigenvalue weighted by molar-refractivity contribution is 7.80. The van der Waals surface area contributed by atoms with Crippen LogP contribution >= 0.6 is 23.8 Å². The molecule has 0 aliphatic carbocycles. The molecular weight excluding hydrogens is 398 g/mol. The van der Waals surface area contributed by atoms with Gasteiger partial charge in [0.15, 0.2) is 16.6 Å². The third-order valence-electron chi connectivity index (χ3n) is 4.76. The molecule has 6 nitrogen and oxygen atoms in total. The zero-order valence-corrected chi connectivity index (χ0v) is 16.7. The summed E-state index contributed by atoms with van der Waals surface area (Å²) < 4.78 is 11.5. The number of carbonyl (C=O) groups is 1. The molecular formula is C20H20ClN3O3S. The van der Waals surface area contributed by atoms with Gasteiger partial charge in [0.1, 0.15) is 6.61 Å². The summed E-state index contributed by atoms with van der Waals surface area (Å²) in [6, 6.07) is 14.8. The lowest BCUT2D eigenvalue weighted by atomic mass is 10.2. The first kappa shape index (κ1) is 18.8. The molecule has 4 rings (SSSR count). The summed E-state index contributed by atoms with van der Waals surface area (Å²) in [6.07, 6.45) is -0.611. The molecule has 0 radical (unpaired) electrons. The largest absolute Gasteiger partial charge is 0.485 e. The second-order valence-electron chi connectivity index (χ2n) is 6.61. The fourth-order valence-corrected chi connectivity index (χ4v) is 3.64. The Morgan fingerprint density at radius 2 is 1.64 bits per heavy atom. The number of amides is 1. The summed E-state index contributed by atoms with van der Waals surface area (Å²) in [4.78, 5) is 16.7. The van der Waals surface area contributed by atoms with Gasteiger partial charge in [0.25, 0.3) is 5.91 Å². The highest BCUT2D eigenvalue weighted by atomic mass is 35.5. The van der Waals surface area contributed by atoms with Gasteiger partial charge in [-0.15, -0.1) is 0 Å². The van der Waals surface area contributed by atoms with Crippen molar-refractivity contribution < 1.29 is 14.3 Å². The maximum Gasteiger partial charge on any atom is 0.267 e. The topological polar surface area (TPSA) is 54.0 Å². The number of thiocarbonyl (C=S) groups is 1. The van der Waals surface area contributed by atoms with Gasteiger partial charge < -0.3 is 24.6 Å². The molecule has 1 fully saturated rings. The van der Waals surface area contributed by atoms with Crippen LogP contribution in [0.5, 0.6) is 11.5 Å². The van der Waals surface area contributed by atoms with E-state index in [9.17, 15) is 4.79 Å². The van der Waals surface area contributed by atoms with E-state index >= 15 is 0 Å². The number of nitrogens with zero attached hydrogens (tertiary/aromatic N) is 2. The molecule has 0 unspecified atom stereocenters. The SMILES string of the molecule is O=C([C@H]1COc2ccccc2O1)N1CCN(C(=S)Nc2ccc(Cl)cc2)CC1. The van der Waals surface area contributed by atoms with Gasteiger partial charge >= 0.3 is 0 Å². The van der Waals surface area contributed by atoms with Crippen LogP contribution in [-0.2, 0) is 4.79 Å². The Bertz CT molecular complexity index is 869. The summed E-state index contributed by atoms with van der Waals surface area (Å²) in [6.45, 7) is 2.73. The number of para-hydroxylation sites is 2. The smallest absolute Gasteiger partial charge is 0.267 e. The van der Waals surface area contributed by atoms with Crippen LogP contribution in [0.25, 0.3) is 0 Å². The number of hydrogen-bond donors (Lipinski definition) is 1. The van der Waals surface area contributed by atoms with E-state index in [1.54, 1.807) is 0 Å². The van der Waals surface area contributed by atoms with Crippen molar-refractivity contribution in [1.82, 2.24) is 9.80 Å². The van der Waals surface area contributed by atoms with E-state index in [1.807, 2.05) is 53.4 Å². The minimum atomic E-state index is -0.611. The van der Waals surface area contributed by atoms with Gasteiger partial charge in [-0.25, -0.2) is 0 Å². The van der Waals surface area contributed by atoms with Gasteiger partial charge in [0.2, 0.25) is 6.10 Å². The third kappa shape index (κ3) is 4.15. The summed E-state index contributed by atoms with van der Waals surface area (Å²) >= 11 is 11.4. The van der Waals surface area contributed by atoms with E-state index in [0.29, 0.717) is 47.8 Å². The number of hydrogen-bond acceptors (Lipinski definition) is 4. The van der Waals surface area contributed by atoms with Crippen molar-refractivity contribution >= 4 is 40.5 Å². The number of piperazine rings is 1. The van der Waals surface area contributed by atoms with Crippen LogP contribution in [0, 0.1) is 0 Å². The van der Waals surface area contributed by atoms with Crippen LogP contribution in [0.4, 0.5) is 5.69 Å². The lowest BCUT2D eigenvalue weighted by Crippen LogP contribution is -2.55. The van der Waals surface area contributed by atoms with Gasteiger partial charge in [0, 0.05) is 36.9 Å². The predicted octanol–water partition coefficient (Wildman–Crippen LogP) is 3.02. The Labute approximate surface area is 174 Å². The number of benzene rings is 2. The summed E-state index contributed by atoms with van der Waals surface area (Å²) in [5.74, 6) is 1.24. The summed E-state index contributed by atoms with van der Waals surface area (Å²) in [5, 5.41) is 4.53. The van der Waals surface area contributed by atoms with Crippen molar-refractivity contribution in [3.8, 4) is 11.5 Å². The number of ether oxygens (including phenoxy) is 2. The van der Waals surface area contributed by atoms with E-state index in [2.05, 4.69) is 10.2 Å². The Morgan fingerprint density at radius 1 is 1.00 bits per heavy atom. The van der Waals surface area contributed by atoms with Crippen molar-refractivity contribution in [3.05, 3.63) is 53.6 Å². The van der Waals surface area contributed by atoms with E-state index in [4.69, 9.17) is 33.3 Å². The number of carbonyl (C=O) groups excluding carboxylic acids is 1. The van der Waals surface area contributed by atoms with Crippen molar-refractivity contribution in [2.24, 2.45) is 0 Å². The van der Waals surface area contributed by atoms with Crippen LogP contribution < -0.4 is 14.8 Å². The molecule has 2 aliphatic rings. The average molecular weight is 418 g/mol. The van der Waals surface area contributed by atoms with Crippen molar-refractivity contribution in [3.63, 3.8) is 0 Å². The summed E-state index contributed by atoms with van der Waals surface area (Å²) in [7, 11) is 0. The Hall–Kier alpha value is -2.51. The van der Waals surface area contributed by atoms with E-state index in [0.717, 1.165) is 5.69 Å². The molecule has 2 aromatic carbocycles. The minimum Gasteiger partial charge on any atom is -0.485 e. The normalized spacial score (nSPS) is 18.5. The first-order valence-corrected chi connectivity index (χ1v) is 9.87. The molecule has 28 heavy (non-hydrogen) atoms. The summed E-state index contributed by atoms with van der Waals surface area (Å²) in [5.41, 5.74) is 0.888. The molecule has 0 bridgehead atoms. The van der Waals surface area contributed by atoms with Gasteiger partial charge in [0.05, 0.1) is 0 Å². The molecule has 0 aromatic heterocycles. The molecule has 2 aromatic rings. The number of halogens is 1. The van der Waals surface area contributed by atoms with Crippen LogP contribution in [0.2, 0.25) is 5.02 Å². The number of nitrogens with one attached hydrogen (secondary N) is 1. The highest BCUT2D eigenvalue weighted by Gasteiger charge is 2.33. The highest BCUT2D eigenvalue weighted by Crippen LogP contribution is 2.31. The van der Waals surface area contributed by atoms with E-state index in [-0.39, 0.29) is 12.5 Å². The molecule has 2 heterocycles. The fraction of sp³-hybridized carbons (Fsp3) is 0.300. The van der Waals surface area contributed by atoms with Crippen molar-refractivity contribution in [2.75, 3.05) is 38.1 Å². The zero-order chi connectivity index (χ0) is 19.5. The lowest BCUT2D eigenvalue weighted by Gasteiger charge is -2.38. The van der Waals surface area contributed by atoms with E-state index < -0.39 is 6.10 Å². The minimum absolute atomic E-state index is 0.0502. The molecule has 1 N–H and O–H groups in total. The molecule has 146 valence electrons. The number of rotatable bonds is 2. The Morgan fingerprint density at radius 3 is 2.36 bits per heavy atom. The quantitative estimate of drug-likeness (QED) is 0.758. The van der Waals surface area contributed by atoms with Gasteiger partial charge in [-0.05, 0) is 48.6 Å². The average Bonchev–Trinajstić information content (AvgIpc) is 2.74. The molecule has 0 spiro atoms. The zero-order valence-electron chi connectivity index (χ0n) is 15.1. The van der Waals surface area contributed by atoms with Gasteiger partial charge in [-0.2, -0.15) is 0 Å². The van der Waals surface area contributed by atoms with Crippen LogP contribution in [0.3, 0.4) is 0 Å². The number of anilines is 1. The fourth-order valence-electron chi connectivity index (χ4n) is 3.21. The lowest BCUT2D eigenvalue weighted by molar-refractivity contribution is -0.142. The van der Waals surface area contributed by atoms with Crippen LogP contribution in [0.15, 0.2) is 48.5 Å². The van der Waals surface area contributed by atoms with Gasteiger partial charge in [-0.3, -0.25) is 4.79 Å². The molecule has 0 saturated carbocycles. The molecule has 1 atom stereocenters. The second-order valence-corrected chi connectivity index (χ2v) is 7.44. The Kier molecular flexibility index (Phi) is 5.54. The maximum absolute atomic E-state index is 12.8. The predicted molar refractivity (Wildman–Crippen MR) is 112 cm³/mol. The molecule has 2 aliphatic heterocycles.